The molecule has 1 heterocycles. The van der Waals surface area contributed by atoms with Gasteiger partial charge in [0.15, 0.2) is 0 Å². The maximum atomic E-state index is 13.0. The molecule has 31 heavy (non-hydrogen) atoms. The quantitative estimate of drug-likeness (QED) is 0.473. The zero-order chi connectivity index (χ0) is 22.8. The van der Waals surface area contributed by atoms with E-state index in [1.807, 2.05) is 32.9 Å². The monoisotopic (exact) mass is 461 g/mol. The third kappa shape index (κ3) is 4.94. The molecule has 0 saturated carbocycles. The lowest BCUT2D eigenvalue weighted by Crippen LogP contribution is -2.14. The second kappa shape index (κ2) is 9.16. The smallest absolute Gasteiger partial charge is 0.353 e. The van der Waals surface area contributed by atoms with Gasteiger partial charge in [-0.25, -0.2) is 13.2 Å². The van der Waals surface area contributed by atoms with Gasteiger partial charge in [0.25, 0.3) is 0 Å². The topological polar surface area (TPSA) is 85.6 Å². The van der Waals surface area contributed by atoms with Crippen molar-refractivity contribution in [2.24, 2.45) is 0 Å². The van der Waals surface area contributed by atoms with Crippen LogP contribution in [0.15, 0.2) is 58.5 Å². The summed E-state index contributed by atoms with van der Waals surface area (Å²) in [5.74, 6) is -0.603. The van der Waals surface area contributed by atoms with Crippen LogP contribution in [-0.4, -0.2) is 30.7 Å². The highest BCUT2D eigenvalue weighted by atomic mass is 35.5. The van der Waals surface area contributed by atoms with Crippen molar-refractivity contribution in [3.63, 3.8) is 0 Å². The molecule has 6 nitrogen and oxygen atoms in total. The lowest BCUT2D eigenvalue weighted by atomic mass is 10.1. The second-order valence-electron chi connectivity index (χ2n) is 7.42. The van der Waals surface area contributed by atoms with Gasteiger partial charge in [0.1, 0.15) is 16.3 Å². The van der Waals surface area contributed by atoms with E-state index in [2.05, 4.69) is 0 Å². The number of ether oxygens (including phenoxy) is 1. The minimum Gasteiger partial charge on any atom is -0.494 e. The van der Waals surface area contributed by atoms with Gasteiger partial charge in [-0.1, -0.05) is 29.3 Å². The molecule has 0 aliphatic carbocycles. The first-order valence-corrected chi connectivity index (χ1v) is 11.6. The minimum atomic E-state index is -3.94. The van der Waals surface area contributed by atoms with Crippen molar-refractivity contribution in [1.82, 2.24) is 4.57 Å². The molecule has 3 rings (SSSR count). The Kier molecular flexibility index (Phi) is 6.77. The van der Waals surface area contributed by atoms with E-state index in [1.165, 1.54) is 29.0 Å². The first-order chi connectivity index (χ1) is 14.6. The molecule has 0 radical (unpaired) electrons. The number of carboxylic acid groups (broad SMARTS) is 1. The zero-order valence-corrected chi connectivity index (χ0v) is 19.1. The van der Waals surface area contributed by atoms with E-state index in [0.717, 1.165) is 16.7 Å². The summed E-state index contributed by atoms with van der Waals surface area (Å²) in [4.78, 5) is 11.7. The first-order valence-electron chi connectivity index (χ1n) is 9.75. The fourth-order valence-corrected chi connectivity index (χ4v) is 4.90. The molecule has 2 aromatic carbocycles. The number of carbonyl (C=O) groups is 1. The van der Waals surface area contributed by atoms with Gasteiger partial charge in [-0.3, -0.25) is 0 Å². The molecule has 0 saturated heterocycles. The maximum absolute atomic E-state index is 13.0. The van der Waals surface area contributed by atoms with E-state index in [9.17, 15) is 18.3 Å². The molecule has 0 amide bonds. The minimum absolute atomic E-state index is 0.0650. The van der Waals surface area contributed by atoms with Crippen LogP contribution in [0.3, 0.4) is 0 Å². The molecule has 0 atom stereocenters. The van der Waals surface area contributed by atoms with Crippen molar-refractivity contribution in [2.75, 3.05) is 6.61 Å². The van der Waals surface area contributed by atoms with E-state index in [1.54, 1.807) is 12.1 Å². The van der Waals surface area contributed by atoms with Crippen LogP contribution in [0.1, 0.15) is 33.6 Å². The molecular formula is C23H24ClNO5S. The average molecular weight is 462 g/mol. The van der Waals surface area contributed by atoms with E-state index >= 15 is 0 Å². The Balaban J connectivity index is 1.75. The van der Waals surface area contributed by atoms with Crippen LogP contribution in [0.2, 0.25) is 5.02 Å². The van der Waals surface area contributed by atoms with Crippen LogP contribution in [-0.2, 0) is 16.4 Å². The summed E-state index contributed by atoms with van der Waals surface area (Å²) in [7, 11) is -3.94. The number of hydrogen-bond acceptors (Lipinski definition) is 4. The number of halogens is 1. The highest BCUT2D eigenvalue weighted by Crippen LogP contribution is 2.27. The third-order valence-electron chi connectivity index (χ3n) is 4.97. The molecule has 8 heteroatoms. The fourth-order valence-electron chi connectivity index (χ4n) is 3.34. The molecule has 164 valence electrons. The number of nitrogens with zero attached hydrogens (tertiary/aromatic N) is 1. The Bertz CT molecular complexity index is 1190. The molecule has 0 fully saturated rings. The number of hydrogen-bond donors (Lipinski definition) is 1. The summed E-state index contributed by atoms with van der Waals surface area (Å²) < 4.78 is 33.2. The summed E-state index contributed by atoms with van der Waals surface area (Å²) >= 11 is 6.17. The SMILES string of the molecule is Cc1ccc(S(=O)(=O)c2ccn(CCCOc3cc(C)c(Cl)c(C)c3)c2C(=O)O)cc1. The molecule has 0 aliphatic rings. The van der Waals surface area contributed by atoms with Gasteiger partial charge in [0, 0.05) is 17.8 Å². The van der Waals surface area contributed by atoms with Crippen molar-refractivity contribution in [3.05, 3.63) is 76.1 Å². The van der Waals surface area contributed by atoms with Crippen molar-refractivity contribution in [1.29, 1.82) is 0 Å². The number of aromatic nitrogens is 1. The van der Waals surface area contributed by atoms with Crippen molar-refractivity contribution in [3.8, 4) is 5.75 Å². The highest BCUT2D eigenvalue weighted by molar-refractivity contribution is 7.91. The molecule has 3 aromatic rings. The van der Waals surface area contributed by atoms with Gasteiger partial charge in [-0.2, -0.15) is 0 Å². The first kappa shape index (κ1) is 22.9. The number of benzene rings is 2. The Labute approximate surface area is 187 Å². The van der Waals surface area contributed by atoms with Gasteiger partial charge in [-0.15, -0.1) is 0 Å². The van der Waals surface area contributed by atoms with Crippen LogP contribution < -0.4 is 4.74 Å². The summed E-state index contributed by atoms with van der Waals surface area (Å²) in [6, 6.07) is 11.4. The largest absolute Gasteiger partial charge is 0.494 e. The van der Waals surface area contributed by atoms with E-state index in [-0.39, 0.29) is 15.5 Å². The highest BCUT2D eigenvalue weighted by Gasteiger charge is 2.27. The Morgan fingerprint density at radius 1 is 1.06 bits per heavy atom. The Morgan fingerprint density at radius 2 is 1.68 bits per heavy atom. The summed E-state index contributed by atoms with van der Waals surface area (Å²) in [5, 5.41) is 10.4. The summed E-state index contributed by atoms with van der Waals surface area (Å²) in [6.45, 7) is 6.30. The normalized spacial score (nSPS) is 11.5. The van der Waals surface area contributed by atoms with Gasteiger partial charge < -0.3 is 14.4 Å². The number of sulfone groups is 1. The molecule has 0 spiro atoms. The predicted molar refractivity (Wildman–Crippen MR) is 119 cm³/mol. The molecule has 1 aromatic heterocycles. The lowest BCUT2D eigenvalue weighted by Gasteiger charge is -2.11. The maximum Gasteiger partial charge on any atom is 0.353 e. The molecule has 1 N–H and O–H groups in total. The van der Waals surface area contributed by atoms with Crippen LogP contribution in [0, 0.1) is 20.8 Å². The number of rotatable bonds is 8. The van der Waals surface area contributed by atoms with Gasteiger partial charge in [-0.05, 0) is 68.7 Å². The van der Waals surface area contributed by atoms with Crippen LogP contribution in [0.5, 0.6) is 5.75 Å². The van der Waals surface area contributed by atoms with Gasteiger partial charge >= 0.3 is 5.97 Å². The van der Waals surface area contributed by atoms with Crippen LogP contribution in [0.4, 0.5) is 0 Å². The number of carboxylic acids is 1. The van der Waals surface area contributed by atoms with Crippen LogP contribution in [0.25, 0.3) is 0 Å². The van der Waals surface area contributed by atoms with E-state index < -0.39 is 15.8 Å². The van der Waals surface area contributed by atoms with Crippen LogP contribution >= 0.6 is 11.6 Å². The lowest BCUT2D eigenvalue weighted by molar-refractivity contribution is 0.0680. The molecule has 0 bridgehead atoms. The van der Waals surface area contributed by atoms with Crippen molar-refractivity contribution in [2.45, 2.75) is 43.5 Å². The predicted octanol–water partition coefficient (Wildman–Crippen LogP) is 5.07. The molecule has 0 unspecified atom stereocenters. The standard InChI is InChI=1S/C23H24ClNO5S/c1-15-5-7-19(8-6-15)31(28,29)20-9-11-25(22(20)23(26)27)10-4-12-30-18-13-16(2)21(24)17(3)14-18/h5-9,11,13-14H,4,10,12H2,1-3H3,(H,26,27). The van der Waals surface area contributed by atoms with E-state index in [0.29, 0.717) is 30.3 Å². The average Bonchev–Trinajstić information content (AvgIpc) is 3.15. The van der Waals surface area contributed by atoms with Crippen molar-refractivity contribution >= 4 is 27.4 Å². The zero-order valence-electron chi connectivity index (χ0n) is 17.6. The summed E-state index contributed by atoms with van der Waals surface area (Å²) in [6.07, 6.45) is 1.99. The Hall–Kier alpha value is -2.77. The van der Waals surface area contributed by atoms with Gasteiger partial charge in [0.05, 0.1) is 11.5 Å². The second-order valence-corrected chi connectivity index (χ2v) is 9.71. The Morgan fingerprint density at radius 3 is 2.26 bits per heavy atom. The van der Waals surface area contributed by atoms with E-state index in [4.69, 9.17) is 16.3 Å². The van der Waals surface area contributed by atoms with Crippen molar-refractivity contribution < 1.29 is 23.1 Å². The number of aromatic carboxylic acids is 1. The molecular weight excluding hydrogens is 438 g/mol. The molecule has 0 aliphatic heterocycles. The third-order valence-corrected chi connectivity index (χ3v) is 7.37. The summed E-state index contributed by atoms with van der Waals surface area (Å²) in [5.41, 5.74) is 2.50. The fraction of sp³-hybridized carbons (Fsp3) is 0.261. The van der Waals surface area contributed by atoms with Gasteiger partial charge in [0.2, 0.25) is 9.84 Å². The number of aryl methyl sites for hydroxylation is 4.